The summed E-state index contributed by atoms with van der Waals surface area (Å²) in [5.41, 5.74) is 1.07. The second-order valence-electron chi connectivity index (χ2n) is 7.01. The lowest BCUT2D eigenvalue weighted by atomic mass is 10.0. The third-order valence-corrected chi connectivity index (χ3v) is 5.71. The minimum absolute atomic E-state index is 0.0890. The van der Waals surface area contributed by atoms with Gasteiger partial charge in [-0.05, 0) is 42.4 Å². The summed E-state index contributed by atoms with van der Waals surface area (Å²) in [6.45, 7) is 3.66. The predicted molar refractivity (Wildman–Crippen MR) is 117 cm³/mol. The lowest BCUT2D eigenvalue weighted by Gasteiger charge is -2.20. The number of rotatable bonds is 10. The number of benzene rings is 3. The van der Waals surface area contributed by atoms with E-state index in [0.29, 0.717) is 25.4 Å². The van der Waals surface area contributed by atoms with Gasteiger partial charge < -0.3 is 13.8 Å². The Bertz CT molecular complexity index is 1040. The van der Waals surface area contributed by atoms with Crippen molar-refractivity contribution in [1.82, 2.24) is 4.90 Å². The van der Waals surface area contributed by atoms with Gasteiger partial charge in [-0.1, -0.05) is 55.5 Å². The van der Waals surface area contributed by atoms with Crippen molar-refractivity contribution in [2.75, 3.05) is 26.0 Å². The number of hydrogen-bond donors (Lipinski definition) is 0. The molecule has 0 heterocycles. The molecule has 6 heteroatoms. The summed E-state index contributed by atoms with van der Waals surface area (Å²) in [5, 5.41) is 2.26. The molecule has 3 aromatic rings. The molecule has 0 saturated carbocycles. The summed E-state index contributed by atoms with van der Waals surface area (Å²) in [7, 11) is -1.76. The second kappa shape index (κ2) is 9.76. The molecule has 3 aromatic carbocycles. The molecule has 5 nitrogen and oxygen atoms in total. The first kappa shape index (κ1) is 21.1. The van der Waals surface area contributed by atoms with Crippen molar-refractivity contribution in [3.05, 3.63) is 72.3 Å². The molecule has 0 bridgehead atoms. The van der Waals surface area contributed by atoms with E-state index in [4.69, 9.17) is 8.92 Å². The molecule has 0 aliphatic carbocycles. The van der Waals surface area contributed by atoms with Crippen molar-refractivity contribution in [2.24, 2.45) is 0 Å². The lowest BCUT2D eigenvalue weighted by molar-refractivity contribution is 0.299. The van der Waals surface area contributed by atoms with E-state index < -0.39 is 10.1 Å². The predicted octanol–water partition coefficient (Wildman–Crippen LogP) is 4.47. The van der Waals surface area contributed by atoms with Gasteiger partial charge in [0.05, 0.1) is 12.4 Å². The Labute approximate surface area is 173 Å². The van der Waals surface area contributed by atoms with Crippen LogP contribution in [-0.2, 0) is 16.7 Å². The fourth-order valence-corrected chi connectivity index (χ4v) is 4.13. The molecule has 0 N–H and O–H groups in total. The first-order chi connectivity index (χ1) is 14.0. The fourth-order valence-electron chi connectivity index (χ4n) is 3.11. The molecule has 0 fully saturated rings. The Morgan fingerprint density at radius 2 is 1.66 bits per heavy atom. The summed E-state index contributed by atoms with van der Waals surface area (Å²) in [6.07, 6.45) is 0.928. The van der Waals surface area contributed by atoms with Crippen LogP contribution < -0.4 is 8.92 Å². The molecule has 0 aliphatic heterocycles. The average Bonchev–Trinajstić information content (AvgIpc) is 2.72. The van der Waals surface area contributed by atoms with Crippen LogP contribution in [0.5, 0.6) is 11.5 Å². The summed E-state index contributed by atoms with van der Waals surface area (Å²) in [5.74, 6) is 1.09. The second-order valence-corrected chi connectivity index (χ2v) is 8.70. The van der Waals surface area contributed by atoms with Crippen LogP contribution >= 0.6 is 0 Å². The lowest BCUT2D eigenvalue weighted by Crippen LogP contribution is -2.27. The van der Waals surface area contributed by atoms with Gasteiger partial charge in [0.2, 0.25) is 0 Å². The smallest absolute Gasteiger partial charge is 0.310 e. The van der Waals surface area contributed by atoms with Crippen molar-refractivity contribution in [3.63, 3.8) is 0 Å². The van der Waals surface area contributed by atoms with Crippen molar-refractivity contribution in [2.45, 2.75) is 19.9 Å². The fraction of sp³-hybridized carbons (Fsp3) is 0.304. The van der Waals surface area contributed by atoms with Crippen molar-refractivity contribution in [3.8, 4) is 11.5 Å². The maximum atomic E-state index is 12.3. The van der Waals surface area contributed by atoms with E-state index >= 15 is 0 Å². The summed E-state index contributed by atoms with van der Waals surface area (Å²) in [4.78, 5) is 1.98. The normalized spacial score (nSPS) is 11.7. The molecule has 0 aromatic heterocycles. The summed E-state index contributed by atoms with van der Waals surface area (Å²) < 4.78 is 35.7. The van der Waals surface area contributed by atoms with Crippen LogP contribution in [-0.4, -0.2) is 39.3 Å². The van der Waals surface area contributed by atoms with Crippen LogP contribution in [0, 0.1) is 0 Å². The van der Waals surface area contributed by atoms with Crippen LogP contribution in [0.15, 0.2) is 66.7 Å². The van der Waals surface area contributed by atoms with E-state index in [2.05, 4.69) is 25.1 Å². The highest BCUT2D eigenvalue weighted by Crippen LogP contribution is 2.29. The first-order valence-corrected chi connectivity index (χ1v) is 11.4. The highest BCUT2D eigenvalue weighted by molar-refractivity contribution is 7.87. The van der Waals surface area contributed by atoms with Crippen LogP contribution in [0.3, 0.4) is 0 Å². The third-order valence-electron chi connectivity index (χ3n) is 4.58. The van der Waals surface area contributed by atoms with Gasteiger partial charge in [0.15, 0.2) is 0 Å². The molecule has 3 rings (SSSR count). The van der Waals surface area contributed by atoms with Crippen LogP contribution in [0.2, 0.25) is 0 Å². The molecule has 0 aliphatic rings. The van der Waals surface area contributed by atoms with Crippen molar-refractivity contribution in [1.29, 1.82) is 0 Å². The Hall–Kier alpha value is -2.57. The number of hydrogen-bond acceptors (Lipinski definition) is 5. The SMILES string of the molecule is CCCOc1ccc2ccccc2c1CN(C)CCS(=O)(=O)Oc1ccccc1. The number of para-hydroxylation sites is 1. The van der Waals surface area contributed by atoms with Gasteiger partial charge in [0.25, 0.3) is 0 Å². The molecular formula is C23H27NO4S. The van der Waals surface area contributed by atoms with Gasteiger partial charge >= 0.3 is 10.1 Å². The van der Waals surface area contributed by atoms with Crippen molar-refractivity contribution < 1.29 is 17.3 Å². The van der Waals surface area contributed by atoms with Crippen LogP contribution in [0.4, 0.5) is 0 Å². The highest BCUT2D eigenvalue weighted by Gasteiger charge is 2.16. The van der Waals surface area contributed by atoms with E-state index in [9.17, 15) is 8.42 Å². The quantitative estimate of drug-likeness (QED) is 0.459. The summed E-state index contributed by atoms with van der Waals surface area (Å²) in [6, 6.07) is 20.8. The Morgan fingerprint density at radius 1 is 0.931 bits per heavy atom. The Morgan fingerprint density at radius 3 is 2.41 bits per heavy atom. The molecule has 0 radical (unpaired) electrons. The average molecular weight is 414 g/mol. The molecule has 29 heavy (non-hydrogen) atoms. The van der Waals surface area contributed by atoms with E-state index in [0.717, 1.165) is 28.5 Å². The number of fused-ring (bicyclic) bond motifs is 1. The number of ether oxygens (including phenoxy) is 1. The molecular weight excluding hydrogens is 386 g/mol. The minimum atomic E-state index is -3.66. The topological polar surface area (TPSA) is 55.8 Å². The monoisotopic (exact) mass is 413 g/mol. The zero-order valence-electron chi connectivity index (χ0n) is 16.9. The Balaban J connectivity index is 1.71. The van der Waals surface area contributed by atoms with E-state index in [-0.39, 0.29) is 5.75 Å². The molecule has 0 spiro atoms. The van der Waals surface area contributed by atoms with E-state index in [1.165, 1.54) is 0 Å². The van der Waals surface area contributed by atoms with E-state index in [1.807, 2.05) is 36.2 Å². The zero-order valence-corrected chi connectivity index (χ0v) is 17.7. The molecule has 0 amide bonds. The van der Waals surface area contributed by atoms with E-state index in [1.54, 1.807) is 24.3 Å². The van der Waals surface area contributed by atoms with Gasteiger partial charge in [0.1, 0.15) is 11.5 Å². The van der Waals surface area contributed by atoms with Crippen LogP contribution in [0.1, 0.15) is 18.9 Å². The summed E-state index contributed by atoms with van der Waals surface area (Å²) >= 11 is 0. The Kier molecular flexibility index (Phi) is 7.12. The largest absolute Gasteiger partial charge is 0.493 e. The molecule has 154 valence electrons. The van der Waals surface area contributed by atoms with Gasteiger partial charge in [-0.25, -0.2) is 0 Å². The minimum Gasteiger partial charge on any atom is -0.493 e. The third kappa shape index (κ3) is 5.95. The van der Waals surface area contributed by atoms with Gasteiger partial charge in [-0.2, -0.15) is 8.42 Å². The molecule has 0 unspecified atom stereocenters. The molecule has 0 atom stereocenters. The maximum Gasteiger partial charge on any atom is 0.310 e. The van der Waals surface area contributed by atoms with Crippen LogP contribution in [0.25, 0.3) is 10.8 Å². The van der Waals surface area contributed by atoms with Gasteiger partial charge in [-0.15, -0.1) is 0 Å². The highest BCUT2D eigenvalue weighted by atomic mass is 32.2. The van der Waals surface area contributed by atoms with Crippen molar-refractivity contribution >= 4 is 20.9 Å². The number of nitrogens with zero attached hydrogens (tertiary/aromatic N) is 1. The standard InChI is InChI=1S/C23H27NO4S/c1-3-16-27-23-14-13-19-9-7-8-12-21(19)22(23)18-24(2)15-17-29(25,26)28-20-10-5-4-6-11-20/h4-14H,3,15-18H2,1-2H3. The van der Waals surface area contributed by atoms with Gasteiger partial charge in [-0.3, -0.25) is 0 Å². The molecule has 0 saturated heterocycles. The first-order valence-electron chi connectivity index (χ1n) is 9.77. The maximum absolute atomic E-state index is 12.3. The zero-order chi connectivity index (χ0) is 20.7. The van der Waals surface area contributed by atoms with Gasteiger partial charge in [0, 0.05) is 18.7 Å².